The molecule has 0 unspecified atom stereocenters. The summed E-state index contributed by atoms with van der Waals surface area (Å²) in [6, 6.07) is 21.0. The molecule has 36 heavy (non-hydrogen) atoms. The molecule has 0 fully saturated rings. The van der Waals surface area contributed by atoms with Crippen molar-refractivity contribution < 1.29 is 9.59 Å². The molecule has 0 atom stereocenters. The van der Waals surface area contributed by atoms with Crippen LogP contribution in [0.5, 0.6) is 0 Å². The molecular weight excluding hydrogens is 519 g/mol. The van der Waals surface area contributed by atoms with E-state index in [0.717, 1.165) is 4.90 Å². The molecule has 0 aliphatic heterocycles. The van der Waals surface area contributed by atoms with Crippen molar-refractivity contribution in [2.75, 3.05) is 16.4 Å². The number of rotatable bonds is 7. The molecular formula is C26H22Cl2N4O3S. The van der Waals surface area contributed by atoms with E-state index in [1.807, 2.05) is 30.3 Å². The summed E-state index contributed by atoms with van der Waals surface area (Å²) in [5.74, 6) is -0.526. The molecule has 1 heterocycles. The van der Waals surface area contributed by atoms with E-state index in [2.05, 4.69) is 10.6 Å². The average molecular weight is 541 g/mol. The zero-order chi connectivity index (χ0) is 25.8. The molecule has 2 N–H and O–H groups in total. The van der Waals surface area contributed by atoms with Crippen LogP contribution in [0, 0.1) is 6.92 Å². The fourth-order valence-corrected chi connectivity index (χ4v) is 4.74. The van der Waals surface area contributed by atoms with Crippen LogP contribution in [0.25, 0.3) is 5.69 Å². The Kier molecular flexibility index (Phi) is 7.88. The molecule has 0 aliphatic rings. The van der Waals surface area contributed by atoms with Gasteiger partial charge in [0.15, 0.2) is 0 Å². The average Bonchev–Trinajstić information content (AvgIpc) is 3.07. The van der Waals surface area contributed by atoms with Gasteiger partial charge < -0.3 is 10.6 Å². The van der Waals surface area contributed by atoms with Gasteiger partial charge in [-0.25, -0.2) is 4.68 Å². The molecule has 0 radical (unpaired) electrons. The van der Waals surface area contributed by atoms with E-state index in [9.17, 15) is 14.4 Å². The normalized spacial score (nSPS) is 10.8. The third kappa shape index (κ3) is 5.67. The molecule has 184 valence electrons. The molecule has 0 spiro atoms. The lowest BCUT2D eigenvalue weighted by Crippen LogP contribution is -2.23. The molecule has 0 aliphatic carbocycles. The number of hydrogen-bond acceptors (Lipinski definition) is 4. The fourth-order valence-electron chi connectivity index (χ4n) is 3.54. The van der Waals surface area contributed by atoms with Gasteiger partial charge in [0.25, 0.3) is 11.5 Å². The third-order valence-corrected chi connectivity index (χ3v) is 7.04. The number of amides is 2. The number of halogens is 2. The second-order valence-corrected chi connectivity index (χ2v) is 9.77. The predicted molar refractivity (Wildman–Crippen MR) is 146 cm³/mol. The van der Waals surface area contributed by atoms with Crippen molar-refractivity contribution >= 4 is 58.2 Å². The lowest BCUT2D eigenvalue weighted by molar-refractivity contribution is -0.113. The molecule has 4 aromatic rings. The maximum atomic E-state index is 13.0. The SMILES string of the molecule is Cc1c(NC(=O)CSc2ccc(NC(=O)c3ccc(Cl)cc3Cl)cc2)c(=O)n(-c2ccccc2)n1C. The van der Waals surface area contributed by atoms with Gasteiger partial charge in [0.1, 0.15) is 5.69 Å². The second kappa shape index (κ2) is 11.1. The summed E-state index contributed by atoms with van der Waals surface area (Å²) in [5.41, 5.74) is 2.24. The fraction of sp³-hybridized carbons (Fsp3) is 0.115. The molecule has 7 nitrogen and oxygen atoms in total. The number of thioether (sulfide) groups is 1. The monoisotopic (exact) mass is 540 g/mol. The van der Waals surface area contributed by atoms with Gasteiger partial charge in [0.05, 0.1) is 27.7 Å². The van der Waals surface area contributed by atoms with Gasteiger partial charge in [0.2, 0.25) is 5.91 Å². The highest BCUT2D eigenvalue weighted by atomic mass is 35.5. The van der Waals surface area contributed by atoms with Gasteiger partial charge in [-0.3, -0.25) is 19.1 Å². The van der Waals surface area contributed by atoms with Gasteiger partial charge in [-0.1, -0.05) is 41.4 Å². The van der Waals surface area contributed by atoms with E-state index in [1.54, 1.807) is 55.1 Å². The van der Waals surface area contributed by atoms with E-state index in [-0.39, 0.29) is 33.8 Å². The van der Waals surface area contributed by atoms with Crippen LogP contribution in [-0.4, -0.2) is 26.9 Å². The Morgan fingerprint density at radius 1 is 0.944 bits per heavy atom. The molecule has 0 saturated carbocycles. The van der Waals surface area contributed by atoms with Crippen molar-refractivity contribution in [3.8, 4) is 5.69 Å². The smallest absolute Gasteiger partial charge is 0.295 e. The minimum absolute atomic E-state index is 0.116. The first kappa shape index (κ1) is 25.6. The molecule has 0 saturated heterocycles. The highest BCUT2D eigenvalue weighted by Gasteiger charge is 2.18. The minimum Gasteiger partial charge on any atom is -0.322 e. The lowest BCUT2D eigenvalue weighted by atomic mass is 10.2. The van der Waals surface area contributed by atoms with Gasteiger partial charge in [-0.2, -0.15) is 0 Å². The third-order valence-electron chi connectivity index (χ3n) is 5.48. The number of hydrogen-bond donors (Lipinski definition) is 2. The number of para-hydroxylation sites is 1. The van der Waals surface area contributed by atoms with Crippen molar-refractivity contribution in [1.82, 2.24) is 9.36 Å². The Hall–Kier alpha value is -3.46. The Balaban J connectivity index is 1.37. The first-order valence-electron chi connectivity index (χ1n) is 10.9. The number of carbonyl (C=O) groups excluding carboxylic acids is 2. The number of aromatic nitrogens is 2. The van der Waals surface area contributed by atoms with Crippen molar-refractivity contribution in [3.63, 3.8) is 0 Å². The van der Waals surface area contributed by atoms with Crippen LogP contribution < -0.4 is 16.2 Å². The summed E-state index contributed by atoms with van der Waals surface area (Å²) in [5, 5.41) is 6.25. The van der Waals surface area contributed by atoms with Gasteiger partial charge in [-0.05, 0) is 61.5 Å². The minimum atomic E-state index is -0.351. The molecule has 4 rings (SSSR count). The van der Waals surface area contributed by atoms with Gasteiger partial charge in [0, 0.05) is 22.7 Å². The quantitative estimate of drug-likeness (QED) is 0.291. The summed E-state index contributed by atoms with van der Waals surface area (Å²) < 4.78 is 3.23. The largest absolute Gasteiger partial charge is 0.322 e. The van der Waals surface area contributed by atoms with Crippen LogP contribution in [0.2, 0.25) is 10.0 Å². The molecule has 2 amide bonds. The van der Waals surface area contributed by atoms with Crippen molar-refractivity contribution in [1.29, 1.82) is 0 Å². The maximum absolute atomic E-state index is 13.0. The van der Waals surface area contributed by atoms with Crippen molar-refractivity contribution in [3.05, 3.63) is 104 Å². The van der Waals surface area contributed by atoms with E-state index in [1.165, 1.54) is 22.5 Å². The van der Waals surface area contributed by atoms with E-state index < -0.39 is 0 Å². The highest BCUT2D eigenvalue weighted by molar-refractivity contribution is 8.00. The number of carbonyl (C=O) groups is 2. The topological polar surface area (TPSA) is 85.1 Å². The van der Waals surface area contributed by atoms with Crippen LogP contribution in [0.15, 0.2) is 82.5 Å². The standard InChI is InChI=1S/C26H22Cl2N4O3S/c1-16-24(26(35)32(31(16)2)19-6-4-3-5-7-19)30-23(33)15-36-20-11-9-18(10-12-20)29-25(34)21-13-8-17(27)14-22(21)28/h3-14H,15H2,1-2H3,(H,29,34)(H,30,33). The Labute approximate surface area is 222 Å². The van der Waals surface area contributed by atoms with Crippen molar-refractivity contribution in [2.24, 2.45) is 7.05 Å². The Bertz CT molecular complexity index is 1480. The summed E-state index contributed by atoms with van der Waals surface area (Å²) in [6.45, 7) is 1.79. The number of benzene rings is 3. The summed E-state index contributed by atoms with van der Waals surface area (Å²) in [6.07, 6.45) is 0. The van der Waals surface area contributed by atoms with Crippen molar-refractivity contribution in [2.45, 2.75) is 11.8 Å². The molecule has 1 aromatic heterocycles. The second-order valence-electron chi connectivity index (χ2n) is 7.88. The van der Waals surface area contributed by atoms with Gasteiger partial charge >= 0.3 is 0 Å². The van der Waals surface area contributed by atoms with Gasteiger partial charge in [-0.15, -0.1) is 11.8 Å². The summed E-state index contributed by atoms with van der Waals surface area (Å²) in [4.78, 5) is 38.9. The first-order valence-corrected chi connectivity index (χ1v) is 12.6. The van der Waals surface area contributed by atoms with Crippen LogP contribution in [0.1, 0.15) is 16.1 Å². The van der Waals surface area contributed by atoms with Crippen LogP contribution >= 0.6 is 35.0 Å². The molecule has 3 aromatic carbocycles. The maximum Gasteiger partial charge on any atom is 0.295 e. The van der Waals surface area contributed by atoms with Crippen LogP contribution in [0.3, 0.4) is 0 Å². The van der Waals surface area contributed by atoms with E-state index >= 15 is 0 Å². The predicted octanol–water partition coefficient (Wildman–Crippen LogP) is 5.77. The highest BCUT2D eigenvalue weighted by Crippen LogP contribution is 2.24. The number of anilines is 2. The summed E-state index contributed by atoms with van der Waals surface area (Å²) >= 11 is 13.3. The van der Waals surface area contributed by atoms with E-state index in [4.69, 9.17) is 23.2 Å². The number of nitrogens with zero attached hydrogens (tertiary/aromatic N) is 2. The summed E-state index contributed by atoms with van der Waals surface area (Å²) in [7, 11) is 1.77. The Morgan fingerprint density at radius 3 is 2.31 bits per heavy atom. The molecule has 10 heteroatoms. The molecule has 0 bridgehead atoms. The first-order chi connectivity index (χ1) is 17.2. The van der Waals surface area contributed by atoms with Crippen LogP contribution in [-0.2, 0) is 11.8 Å². The zero-order valence-corrected chi connectivity index (χ0v) is 21.7. The number of nitrogens with one attached hydrogen (secondary N) is 2. The van der Waals surface area contributed by atoms with E-state index in [0.29, 0.717) is 27.7 Å². The Morgan fingerprint density at radius 2 is 1.64 bits per heavy atom. The van der Waals surface area contributed by atoms with Crippen LogP contribution in [0.4, 0.5) is 11.4 Å². The lowest BCUT2D eigenvalue weighted by Gasteiger charge is -2.08. The zero-order valence-electron chi connectivity index (χ0n) is 19.4.